The van der Waals surface area contributed by atoms with Crippen LogP contribution in [0, 0.1) is 12.7 Å². The van der Waals surface area contributed by atoms with Crippen LogP contribution in [0.25, 0.3) is 6.08 Å². The van der Waals surface area contributed by atoms with Gasteiger partial charge in [0.2, 0.25) is 11.4 Å². The fourth-order valence-electron chi connectivity index (χ4n) is 3.45. The molecule has 126 valence electrons. The van der Waals surface area contributed by atoms with Gasteiger partial charge in [-0.15, -0.1) is 0 Å². The number of allylic oxidation sites excluding steroid dienone is 1. The normalized spacial score (nSPS) is 23.5. The Balaban J connectivity index is 1.78. The Morgan fingerprint density at radius 1 is 1.16 bits per heavy atom. The summed E-state index contributed by atoms with van der Waals surface area (Å²) in [6.07, 6.45) is 1.53. The first kappa shape index (κ1) is 15.6. The minimum Gasteiger partial charge on any atom is -0.468 e. The molecule has 1 saturated heterocycles. The number of amides is 1. The summed E-state index contributed by atoms with van der Waals surface area (Å²) in [5, 5.41) is 0. The van der Waals surface area contributed by atoms with Gasteiger partial charge >= 0.3 is 0 Å². The minimum absolute atomic E-state index is 0.0281. The molecular weight excluding hydrogens is 321 g/mol. The first-order valence-corrected chi connectivity index (χ1v) is 7.99. The van der Waals surface area contributed by atoms with E-state index >= 15 is 0 Å². The highest BCUT2D eigenvalue weighted by Crippen LogP contribution is 2.49. The summed E-state index contributed by atoms with van der Waals surface area (Å²) in [6, 6.07) is 11.4. The SMILES string of the molecule is Cc1ccc2c(c1)C1(CC(=O)/C(=C/c3ccc(F)cc3)O1)C(=O)N2C. The Morgan fingerprint density at radius 3 is 2.60 bits per heavy atom. The molecule has 2 aromatic rings. The quantitative estimate of drug-likeness (QED) is 0.750. The lowest BCUT2D eigenvalue weighted by Crippen LogP contribution is -2.38. The molecule has 25 heavy (non-hydrogen) atoms. The minimum atomic E-state index is -1.29. The largest absolute Gasteiger partial charge is 0.468 e. The smallest absolute Gasteiger partial charge is 0.276 e. The lowest BCUT2D eigenvalue weighted by atomic mass is 9.91. The number of carbonyl (C=O) groups excluding carboxylic acids is 2. The maximum absolute atomic E-state index is 13.0. The van der Waals surface area contributed by atoms with Crippen LogP contribution < -0.4 is 4.90 Å². The predicted octanol–water partition coefficient (Wildman–Crippen LogP) is 3.34. The molecule has 0 bridgehead atoms. The number of rotatable bonds is 1. The van der Waals surface area contributed by atoms with E-state index in [0.717, 1.165) is 16.8 Å². The molecule has 2 heterocycles. The number of fused-ring (bicyclic) bond motifs is 2. The number of halogens is 1. The third kappa shape index (κ3) is 2.27. The second-order valence-corrected chi connectivity index (χ2v) is 6.47. The molecule has 1 atom stereocenters. The van der Waals surface area contributed by atoms with Crippen molar-refractivity contribution in [3.05, 3.63) is 70.7 Å². The number of likely N-dealkylation sites (N-methyl/N-ethyl adjacent to an activating group) is 1. The van der Waals surface area contributed by atoms with Gasteiger partial charge in [-0.05, 0) is 42.8 Å². The number of anilines is 1. The first-order valence-electron chi connectivity index (χ1n) is 7.99. The van der Waals surface area contributed by atoms with Gasteiger partial charge in [0, 0.05) is 12.6 Å². The number of hydrogen-bond donors (Lipinski definition) is 0. The molecule has 4 rings (SSSR count). The summed E-state index contributed by atoms with van der Waals surface area (Å²) < 4.78 is 19.0. The highest BCUT2D eigenvalue weighted by Gasteiger charge is 2.58. The molecule has 1 unspecified atom stereocenters. The van der Waals surface area contributed by atoms with Gasteiger partial charge in [-0.2, -0.15) is 0 Å². The van der Waals surface area contributed by atoms with E-state index in [4.69, 9.17) is 4.74 Å². The van der Waals surface area contributed by atoms with Crippen LogP contribution in [0.4, 0.5) is 10.1 Å². The van der Waals surface area contributed by atoms with Crippen LogP contribution in [0.5, 0.6) is 0 Å². The number of ketones is 1. The Hall–Kier alpha value is -2.95. The lowest BCUT2D eigenvalue weighted by Gasteiger charge is -2.21. The number of carbonyl (C=O) groups is 2. The van der Waals surface area contributed by atoms with Gasteiger partial charge in [-0.3, -0.25) is 9.59 Å². The Bertz CT molecular complexity index is 932. The van der Waals surface area contributed by atoms with Crippen LogP contribution in [-0.2, 0) is 19.9 Å². The van der Waals surface area contributed by atoms with Crippen LogP contribution in [0.15, 0.2) is 48.2 Å². The molecule has 0 radical (unpaired) electrons. The number of Topliss-reactive ketones (excluding diaryl/α,β-unsaturated/α-hetero) is 1. The van der Waals surface area contributed by atoms with Crippen molar-refractivity contribution in [1.29, 1.82) is 0 Å². The maximum Gasteiger partial charge on any atom is 0.276 e. The zero-order valence-electron chi connectivity index (χ0n) is 13.9. The molecule has 4 nitrogen and oxygen atoms in total. The Labute approximate surface area is 144 Å². The standard InChI is InChI=1S/C20H16FNO3/c1-12-3-8-16-15(9-12)20(19(24)22(16)2)11-17(23)18(25-20)10-13-4-6-14(21)7-5-13/h3-10H,11H2,1-2H3/b18-10-. The van der Waals surface area contributed by atoms with Crippen LogP contribution >= 0.6 is 0 Å². The number of nitrogens with zero attached hydrogens (tertiary/aromatic N) is 1. The number of aryl methyl sites for hydroxylation is 1. The van der Waals surface area contributed by atoms with Crippen LogP contribution in [-0.4, -0.2) is 18.7 Å². The second-order valence-electron chi connectivity index (χ2n) is 6.47. The average molecular weight is 337 g/mol. The van der Waals surface area contributed by atoms with Gasteiger partial charge in [0.25, 0.3) is 5.91 Å². The van der Waals surface area contributed by atoms with Crippen molar-refractivity contribution in [3.63, 3.8) is 0 Å². The number of benzene rings is 2. The average Bonchev–Trinajstić information content (AvgIpc) is 3.01. The molecule has 0 saturated carbocycles. The first-order chi connectivity index (χ1) is 11.9. The van der Waals surface area contributed by atoms with Crippen molar-refractivity contribution in [2.75, 3.05) is 11.9 Å². The molecule has 2 aliphatic heterocycles. The topological polar surface area (TPSA) is 46.6 Å². The summed E-state index contributed by atoms with van der Waals surface area (Å²) in [4.78, 5) is 26.9. The van der Waals surface area contributed by atoms with E-state index in [-0.39, 0.29) is 29.7 Å². The zero-order chi connectivity index (χ0) is 17.8. The Morgan fingerprint density at radius 2 is 1.88 bits per heavy atom. The molecule has 0 aromatic heterocycles. The van der Waals surface area contributed by atoms with E-state index < -0.39 is 5.60 Å². The fraction of sp³-hybridized carbons (Fsp3) is 0.200. The highest BCUT2D eigenvalue weighted by atomic mass is 19.1. The Kier molecular flexibility index (Phi) is 3.29. The van der Waals surface area contributed by atoms with E-state index in [9.17, 15) is 14.0 Å². The summed E-state index contributed by atoms with van der Waals surface area (Å²) in [6.45, 7) is 1.93. The van der Waals surface area contributed by atoms with Crippen molar-refractivity contribution in [2.24, 2.45) is 0 Å². The predicted molar refractivity (Wildman–Crippen MR) is 91.4 cm³/mol. The molecule has 2 aliphatic rings. The fourth-order valence-corrected chi connectivity index (χ4v) is 3.45. The van der Waals surface area contributed by atoms with Crippen molar-refractivity contribution in [1.82, 2.24) is 0 Å². The van der Waals surface area contributed by atoms with Gasteiger partial charge in [0.1, 0.15) is 5.82 Å². The van der Waals surface area contributed by atoms with Gasteiger partial charge in [0.15, 0.2) is 5.76 Å². The third-order valence-corrected chi connectivity index (χ3v) is 4.73. The summed E-state index contributed by atoms with van der Waals surface area (Å²) >= 11 is 0. The van der Waals surface area contributed by atoms with E-state index in [0.29, 0.717) is 5.56 Å². The monoisotopic (exact) mass is 337 g/mol. The highest BCUT2D eigenvalue weighted by molar-refractivity contribution is 6.13. The van der Waals surface area contributed by atoms with E-state index in [1.54, 1.807) is 25.3 Å². The van der Waals surface area contributed by atoms with Crippen molar-refractivity contribution >= 4 is 23.5 Å². The molecule has 0 N–H and O–H groups in total. The van der Waals surface area contributed by atoms with Gasteiger partial charge in [-0.25, -0.2) is 4.39 Å². The molecule has 1 amide bonds. The summed E-state index contributed by atoms with van der Waals surface area (Å²) in [7, 11) is 1.68. The number of ether oxygens (including phenoxy) is 1. The van der Waals surface area contributed by atoms with Crippen LogP contribution in [0.3, 0.4) is 0 Å². The van der Waals surface area contributed by atoms with Crippen molar-refractivity contribution < 1.29 is 18.7 Å². The van der Waals surface area contributed by atoms with Crippen molar-refractivity contribution in [2.45, 2.75) is 18.9 Å². The number of hydrogen-bond acceptors (Lipinski definition) is 3. The molecular formula is C20H16FNO3. The van der Waals surface area contributed by atoms with E-state index in [1.807, 2.05) is 25.1 Å². The zero-order valence-corrected chi connectivity index (χ0v) is 13.9. The molecule has 1 fully saturated rings. The van der Waals surface area contributed by atoms with Gasteiger partial charge in [0.05, 0.1) is 12.1 Å². The second kappa shape index (κ2) is 5.28. The summed E-state index contributed by atoms with van der Waals surface area (Å²) in [5.74, 6) is -0.707. The van der Waals surface area contributed by atoms with Crippen molar-refractivity contribution in [3.8, 4) is 0 Å². The van der Waals surface area contributed by atoms with Gasteiger partial charge in [-0.1, -0.05) is 23.8 Å². The summed E-state index contributed by atoms with van der Waals surface area (Å²) in [5.41, 5.74) is 1.82. The molecule has 1 spiro atoms. The van der Waals surface area contributed by atoms with Crippen LogP contribution in [0.2, 0.25) is 0 Å². The lowest BCUT2D eigenvalue weighted by molar-refractivity contribution is -0.135. The van der Waals surface area contributed by atoms with E-state index in [1.165, 1.54) is 17.0 Å². The van der Waals surface area contributed by atoms with Crippen LogP contribution in [0.1, 0.15) is 23.1 Å². The molecule has 5 heteroatoms. The van der Waals surface area contributed by atoms with Gasteiger partial charge < -0.3 is 9.64 Å². The molecule has 0 aliphatic carbocycles. The maximum atomic E-state index is 13.0. The third-order valence-electron chi connectivity index (χ3n) is 4.73. The van der Waals surface area contributed by atoms with E-state index in [2.05, 4.69) is 0 Å². The molecule has 2 aromatic carbocycles.